The van der Waals surface area contributed by atoms with Crippen LogP contribution in [-0.4, -0.2) is 68.6 Å². The minimum absolute atomic E-state index is 0.101. The molecule has 3 heterocycles. The number of benzene rings is 1. The summed E-state index contributed by atoms with van der Waals surface area (Å²) in [5.41, 5.74) is 3.32. The first-order valence-electron chi connectivity index (χ1n) is 11.8. The second kappa shape index (κ2) is 10.8. The average molecular weight is 532 g/mol. The van der Waals surface area contributed by atoms with E-state index in [1.807, 2.05) is 48.5 Å². The zero-order valence-electron chi connectivity index (χ0n) is 21.4. The summed E-state index contributed by atoms with van der Waals surface area (Å²) in [5.74, 6) is 0.588. The van der Waals surface area contributed by atoms with E-state index in [1.54, 1.807) is 31.4 Å². The van der Waals surface area contributed by atoms with E-state index in [9.17, 15) is 13.2 Å². The number of hydrogen-bond donors (Lipinski definition) is 0. The first-order chi connectivity index (χ1) is 17.2. The molecule has 0 N–H and O–H groups in total. The Kier molecular flexibility index (Phi) is 7.89. The van der Waals surface area contributed by atoms with Crippen LogP contribution in [0.3, 0.4) is 0 Å². The highest BCUT2D eigenvalue weighted by atomic mass is 32.2. The van der Waals surface area contributed by atoms with Crippen LogP contribution in [0, 0.1) is 20.8 Å². The number of fused-ring (bicyclic) bond motifs is 1. The molecule has 36 heavy (non-hydrogen) atoms. The molecule has 10 heteroatoms. The maximum atomic E-state index is 13.3. The predicted molar refractivity (Wildman–Crippen MR) is 140 cm³/mol. The number of carbonyl (C=O) groups is 1. The average Bonchev–Trinajstić information content (AvgIpc) is 3.55. The second-order valence-electron chi connectivity index (χ2n) is 8.99. The maximum Gasteiger partial charge on any atom is 0.249 e. The molecule has 2 aromatic heterocycles. The molecule has 0 radical (unpaired) electrons. The summed E-state index contributed by atoms with van der Waals surface area (Å²) in [6.07, 6.45) is 2.04. The van der Waals surface area contributed by atoms with Crippen LogP contribution in [0.25, 0.3) is 0 Å². The topological polar surface area (TPSA) is 81.1 Å². The largest absolute Gasteiger partial charge is 0.496 e. The minimum Gasteiger partial charge on any atom is -0.496 e. The fraction of sp³-hybridized carbons (Fsp3) is 0.423. The Balaban J connectivity index is 1.38. The van der Waals surface area contributed by atoms with Gasteiger partial charge in [0.25, 0.3) is 0 Å². The van der Waals surface area contributed by atoms with Crippen molar-refractivity contribution in [3.63, 3.8) is 0 Å². The molecule has 8 nitrogen and oxygen atoms in total. The van der Waals surface area contributed by atoms with E-state index in [4.69, 9.17) is 9.47 Å². The van der Waals surface area contributed by atoms with Crippen molar-refractivity contribution in [3.8, 4) is 5.75 Å². The summed E-state index contributed by atoms with van der Waals surface area (Å²) in [6.45, 7) is 6.95. The van der Waals surface area contributed by atoms with Crippen molar-refractivity contribution in [3.05, 3.63) is 69.2 Å². The van der Waals surface area contributed by atoms with Crippen molar-refractivity contribution >= 4 is 27.3 Å². The van der Waals surface area contributed by atoms with Gasteiger partial charge in [-0.3, -0.25) is 4.79 Å². The van der Waals surface area contributed by atoms with E-state index in [1.165, 1.54) is 11.4 Å². The predicted octanol–water partition coefficient (Wildman–Crippen LogP) is 3.75. The van der Waals surface area contributed by atoms with Gasteiger partial charge in [-0.1, -0.05) is 6.07 Å². The molecule has 1 amide bonds. The van der Waals surface area contributed by atoms with E-state index in [0.29, 0.717) is 17.9 Å². The number of ether oxygens (including phenoxy) is 2. The highest BCUT2D eigenvalue weighted by molar-refractivity contribution is 7.89. The molecule has 0 fully saturated rings. The van der Waals surface area contributed by atoms with Crippen molar-refractivity contribution in [2.45, 2.75) is 38.3 Å². The monoisotopic (exact) mass is 531 g/mol. The van der Waals surface area contributed by atoms with E-state index >= 15 is 0 Å². The summed E-state index contributed by atoms with van der Waals surface area (Å²) in [6, 6.07) is 9.60. The number of nitrogens with zero attached hydrogens (tertiary/aromatic N) is 3. The molecular weight excluding hydrogens is 498 g/mol. The Morgan fingerprint density at radius 3 is 2.64 bits per heavy atom. The zero-order chi connectivity index (χ0) is 26.0. The van der Waals surface area contributed by atoms with Crippen LogP contribution in [0.15, 0.2) is 46.8 Å². The zero-order valence-corrected chi connectivity index (χ0v) is 23.0. The number of aromatic nitrogens is 1. The number of thiophene rings is 1. The lowest BCUT2D eigenvalue weighted by Gasteiger charge is -2.36. The number of rotatable bonds is 9. The van der Waals surface area contributed by atoms with Crippen LogP contribution in [0.1, 0.15) is 33.3 Å². The van der Waals surface area contributed by atoms with E-state index in [2.05, 4.69) is 10.6 Å². The number of hydrogen-bond acceptors (Lipinski definition) is 6. The molecule has 0 bridgehead atoms. The third-order valence-electron chi connectivity index (χ3n) is 6.82. The Hall–Kier alpha value is -2.66. The van der Waals surface area contributed by atoms with Gasteiger partial charge in [0, 0.05) is 43.4 Å². The summed E-state index contributed by atoms with van der Waals surface area (Å²) in [7, 11) is -0.616. The second-order valence-corrected chi connectivity index (χ2v) is 12.0. The quantitative estimate of drug-likeness (QED) is 0.393. The number of likely N-dealkylation sites (N-methyl/N-ethyl adjacent to an activating group) is 1. The summed E-state index contributed by atoms with van der Waals surface area (Å²) >= 11 is 1.63. The van der Waals surface area contributed by atoms with Crippen LogP contribution in [0.4, 0.5) is 0 Å². The molecule has 1 atom stereocenters. The molecule has 1 aromatic carbocycles. The molecule has 0 saturated heterocycles. The number of sulfonamides is 1. The van der Waals surface area contributed by atoms with Gasteiger partial charge in [-0.25, -0.2) is 8.42 Å². The third-order valence-corrected chi connectivity index (χ3v) is 9.73. The van der Waals surface area contributed by atoms with Gasteiger partial charge in [0.05, 0.1) is 18.6 Å². The van der Waals surface area contributed by atoms with Crippen molar-refractivity contribution < 1.29 is 22.7 Å². The molecule has 194 valence electrons. The molecule has 1 aliphatic heterocycles. The van der Waals surface area contributed by atoms with Crippen LogP contribution in [-0.2, 0) is 26.1 Å². The first kappa shape index (κ1) is 26.4. The molecule has 1 unspecified atom stereocenters. The fourth-order valence-corrected chi connectivity index (χ4v) is 7.09. The molecule has 0 saturated carbocycles. The Bertz CT molecular complexity index is 1330. The van der Waals surface area contributed by atoms with Crippen LogP contribution in [0.5, 0.6) is 5.75 Å². The summed E-state index contributed by atoms with van der Waals surface area (Å²) < 4.78 is 41.1. The molecule has 1 aliphatic rings. The first-order valence-corrected chi connectivity index (χ1v) is 14.2. The molecular formula is C26H33N3O5S2. The third kappa shape index (κ3) is 4.95. The SMILES string of the molecule is COc1c(C)cc(S(=O)(=O)N(C)CCOCC(=O)N2CCn3cccc3C2c2cccs2)c(C)c1C. The Morgan fingerprint density at radius 2 is 1.94 bits per heavy atom. The Morgan fingerprint density at radius 1 is 1.17 bits per heavy atom. The standard InChI is InChI=1S/C26H33N3O5S2/c1-18-16-23(19(2)20(3)26(18)33-5)36(31,32)27(4)13-14-34-17-24(30)29-12-11-28-10-6-8-21(28)25(29)22-9-7-15-35-22/h6-10,15-16,25H,11-14,17H2,1-5H3. The number of aryl methyl sites for hydroxylation is 1. The van der Waals surface area contributed by atoms with E-state index < -0.39 is 10.0 Å². The van der Waals surface area contributed by atoms with Crippen LogP contribution < -0.4 is 4.74 Å². The van der Waals surface area contributed by atoms with Crippen LogP contribution >= 0.6 is 11.3 Å². The van der Waals surface area contributed by atoms with Crippen LogP contribution in [0.2, 0.25) is 0 Å². The maximum absolute atomic E-state index is 13.3. The molecule has 0 spiro atoms. The fourth-order valence-electron chi connectivity index (χ4n) is 4.73. The number of carbonyl (C=O) groups excluding carboxylic acids is 1. The smallest absolute Gasteiger partial charge is 0.249 e. The van der Waals surface area contributed by atoms with Crippen molar-refractivity contribution in [1.82, 2.24) is 13.8 Å². The summed E-state index contributed by atoms with van der Waals surface area (Å²) in [5, 5.41) is 2.01. The molecule has 0 aliphatic carbocycles. The number of methoxy groups -OCH3 is 1. The van der Waals surface area contributed by atoms with Gasteiger partial charge < -0.3 is 18.9 Å². The van der Waals surface area contributed by atoms with Gasteiger partial charge in [0.15, 0.2) is 0 Å². The van der Waals surface area contributed by atoms with Gasteiger partial charge in [-0.05, 0) is 67.1 Å². The molecule has 4 rings (SSSR count). The normalized spacial score (nSPS) is 15.8. The van der Waals surface area contributed by atoms with Gasteiger partial charge in [0.2, 0.25) is 15.9 Å². The van der Waals surface area contributed by atoms with E-state index in [0.717, 1.165) is 28.2 Å². The van der Waals surface area contributed by atoms with E-state index in [-0.39, 0.29) is 36.6 Å². The van der Waals surface area contributed by atoms with Gasteiger partial charge >= 0.3 is 0 Å². The lowest BCUT2D eigenvalue weighted by Crippen LogP contribution is -2.44. The molecule has 3 aromatic rings. The van der Waals surface area contributed by atoms with Gasteiger partial charge in [0.1, 0.15) is 18.4 Å². The van der Waals surface area contributed by atoms with Gasteiger partial charge in [-0.15, -0.1) is 11.3 Å². The lowest BCUT2D eigenvalue weighted by atomic mass is 10.1. The highest BCUT2D eigenvalue weighted by Gasteiger charge is 2.33. The van der Waals surface area contributed by atoms with Crippen molar-refractivity contribution in [2.75, 3.05) is 40.5 Å². The van der Waals surface area contributed by atoms with Crippen molar-refractivity contribution in [2.24, 2.45) is 0 Å². The van der Waals surface area contributed by atoms with Crippen molar-refractivity contribution in [1.29, 1.82) is 0 Å². The summed E-state index contributed by atoms with van der Waals surface area (Å²) in [4.78, 5) is 16.3. The Labute approximate surface area is 217 Å². The highest BCUT2D eigenvalue weighted by Crippen LogP contribution is 2.35. The van der Waals surface area contributed by atoms with Gasteiger partial charge in [-0.2, -0.15) is 4.31 Å². The minimum atomic E-state index is -3.73. The number of amides is 1. The lowest BCUT2D eigenvalue weighted by molar-refractivity contribution is -0.138.